The molecule has 1 aromatic carbocycles. The highest BCUT2D eigenvalue weighted by molar-refractivity contribution is 7.89. The van der Waals surface area contributed by atoms with E-state index in [9.17, 15) is 17.2 Å². The van der Waals surface area contributed by atoms with E-state index in [1.807, 2.05) is 0 Å². The van der Waals surface area contributed by atoms with Crippen LogP contribution in [0.2, 0.25) is 0 Å². The lowest BCUT2D eigenvalue weighted by atomic mass is 10.1. The second-order valence-electron chi connectivity index (χ2n) is 5.65. The van der Waals surface area contributed by atoms with E-state index in [2.05, 4.69) is 20.2 Å². The van der Waals surface area contributed by atoms with Crippen molar-refractivity contribution in [2.24, 2.45) is 5.10 Å². The van der Waals surface area contributed by atoms with E-state index in [1.54, 1.807) is 39.0 Å². The van der Waals surface area contributed by atoms with Crippen molar-refractivity contribution < 1.29 is 21.9 Å². The average Bonchev–Trinajstić information content (AvgIpc) is 2.67. The molecule has 0 amide bonds. The minimum Gasteiger partial charge on any atom is -0.434 e. The van der Waals surface area contributed by atoms with Crippen molar-refractivity contribution in [1.29, 1.82) is 0 Å². The van der Waals surface area contributed by atoms with Gasteiger partial charge in [-0.05, 0) is 31.2 Å². The van der Waals surface area contributed by atoms with Gasteiger partial charge >= 0.3 is 6.61 Å². The number of sulfonamides is 1. The van der Waals surface area contributed by atoms with Crippen molar-refractivity contribution in [2.75, 3.05) is 18.5 Å². The predicted molar refractivity (Wildman–Crippen MR) is 103 cm³/mol. The lowest BCUT2D eigenvalue weighted by Gasteiger charge is -2.18. The molecule has 0 radical (unpaired) electrons. The van der Waals surface area contributed by atoms with Crippen LogP contribution in [0.25, 0.3) is 0 Å². The third-order valence-corrected chi connectivity index (χ3v) is 5.94. The first-order chi connectivity index (χ1) is 13.3. The second kappa shape index (κ2) is 9.56. The van der Waals surface area contributed by atoms with Crippen molar-refractivity contribution in [1.82, 2.24) is 9.29 Å². The van der Waals surface area contributed by atoms with Crippen LogP contribution in [0.4, 0.5) is 14.6 Å². The molecule has 7 nitrogen and oxygen atoms in total. The molecule has 0 spiro atoms. The summed E-state index contributed by atoms with van der Waals surface area (Å²) in [5, 5.41) is 4.11. The zero-order valence-electron chi connectivity index (χ0n) is 15.8. The van der Waals surface area contributed by atoms with Gasteiger partial charge in [0.15, 0.2) is 0 Å². The zero-order valence-corrected chi connectivity index (χ0v) is 16.6. The number of nitrogens with zero attached hydrogens (tertiary/aromatic N) is 3. The topological polar surface area (TPSA) is 83.9 Å². The molecule has 0 aliphatic heterocycles. The van der Waals surface area contributed by atoms with E-state index < -0.39 is 16.6 Å². The van der Waals surface area contributed by atoms with Gasteiger partial charge in [-0.1, -0.05) is 26.0 Å². The highest BCUT2D eigenvalue weighted by Gasteiger charge is 2.21. The minimum absolute atomic E-state index is 0.00849. The van der Waals surface area contributed by atoms with Gasteiger partial charge in [0.05, 0.1) is 5.71 Å². The molecule has 0 unspecified atom stereocenters. The quantitative estimate of drug-likeness (QED) is 0.503. The minimum atomic E-state index is -3.59. The molecule has 0 saturated heterocycles. The number of anilines is 1. The normalized spacial score (nSPS) is 12.5. The summed E-state index contributed by atoms with van der Waals surface area (Å²) in [6.45, 7) is 2.93. The Morgan fingerprint density at radius 3 is 2.46 bits per heavy atom. The largest absolute Gasteiger partial charge is 0.434 e. The first-order valence-corrected chi connectivity index (χ1v) is 10.0. The molecule has 10 heteroatoms. The Hall–Kier alpha value is -2.59. The molecule has 152 valence electrons. The second-order valence-corrected chi connectivity index (χ2v) is 7.59. The lowest BCUT2D eigenvalue weighted by Crippen LogP contribution is -2.30. The van der Waals surface area contributed by atoms with Gasteiger partial charge in [0.25, 0.3) is 0 Å². The van der Waals surface area contributed by atoms with Crippen molar-refractivity contribution in [2.45, 2.75) is 32.3 Å². The van der Waals surface area contributed by atoms with E-state index in [4.69, 9.17) is 0 Å². The van der Waals surface area contributed by atoms with Gasteiger partial charge in [-0.3, -0.25) is 5.43 Å². The number of pyridine rings is 1. The number of para-hydroxylation sites is 1. The monoisotopic (exact) mass is 412 g/mol. The Morgan fingerprint density at radius 2 is 1.89 bits per heavy atom. The van der Waals surface area contributed by atoms with E-state index in [0.717, 1.165) is 0 Å². The molecule has 1 aromatic heterocycles. The Balaban J connectivity index is 2.17. The SMILES string of the molecule is CCN(CC)S(=O)(=O)c1ccc(N/N=C(\C)c2ccccc2OC(F)F)nc1. The Bertz CT molecular complexity index is 915. The van der Waals surface area contributed by atoms with Gasteiger partial charge in [-0.2, -0.15) is 18.2 Å². The van der Waals surface area contributed by atoms with E-state index in [-0.39, 0.29) is 10.6 Å². The van der Waals surface area contributed by atoms with Crippen LogP contribution in [0.15, 0.2) is 52.6 Å². The number of hydrogen-bond acceptors (Lipinski definition) is 6. The molecule has 1 heterocycles. The molecule has 0 aliphatic rings. The zero-order chi connectivity index (χ0) is 20.7. The summed E-state index contributed by atoms with van der Waals surface area (Å²) in [6, 6.07) is 9.20. The molecule has 2 aromatic rings. The molecule has 0 saturated carbocycles. The Morgan fingerprint density at radius 1 is 1.21 bits per heavy atom. The summed E-state index contributed by atoms with van der Waals surface area (Å²) in [6.07, 6.45) is 1.24. The average molecular weight is 412 g/mol. The smallest absolute Gasteiger partial charge is 0.387 e. The van der Waals surface area contributed by atoms with Crippen molar-refractivity contribution >= 4 is 21.6 Å². The van der Waals surface area contributed by atoms with Crippen molar-refractivity contribution in [3.8, 4) is 5.75 Å². The highest BCUT2D eigenvalue weighted by atomic mass is 32.2. The van der Waals surface area contributed by atoms with Crippen LogP contribution in [-0.2, 0) is 10.0 Å². The number of rotatable bonds is 9. The maximum absolute atomic E-state index is 12.5. The number of ether oxygens (including phenoxy) is 1. The fourth-order valence-corrected chi connectivity index (χ4v) is 3.88. The van der Waals surface area contributed by atoms with Gasteiger partial charge in [0, 0.05) is 24.8 Å². The van der Waals surface area contributed by atoms with Gasteiger partial charge < -0.3 is 4.74 Å². The van der Waals surface area contributed by atoms with E-state index in [1.165, 1.54) is 28.7 Å². The molecular weight excluding hydrogens is 390 g/mol. The van der Waals surface area contributed by atoms with Crippen LogP contribution >= 0.6 is 0 Å². The molecule has 1 N–H and O–H groups in total. The Labute approximate surface area is 163 Å². The van der Waals surface area contributed by atoms with Crippen LogP contribution in [0.1, 0.15) is 26.3 Å². The summed E-state index contributed by atoms with van der Waals surface area (Å²) in [7, 11) is -3.59. The highest BCUT2D eigenvalue weighted by Crippen LogP contribution is 2.21. The summed E-state index contributed by atoms with van der Waals surface area (Å²) in [5.74, 6) is 0.319. The van der Waals surface area contributed by atoms with Gasteiger partial charge in [0.1, 0.15) is 16.5 Å². The van der Waals surface area contributed by atoms with E-state index >= 15 is 0 Å². The summed E-state index contributed by atoms with van der Waals surface area (Å²) in [4.78, 5) is 4.14. The number of aromatic nitrogens is 1. The number of benzene rings is 1. The maximum Gasteiger partial charge on any atom is 0.387 e. The van der Waals surface area contributed by atoms with Gasteiger partial charge in [-0.25, -0.2) is 13.4 Å². The number of nitrogens with one attached hydrogen (secondary N) is 1. The maximum atomic E-state index is 12.5. The molecule has 0 atom stereocenters. The van der Waals surface area contributed by atoms with Crippen molar-refractivity contribution in [3.63, 3.8) is 0 Å². The summed E-state index contributed by atoms with van der Waals surface area (Å²) < 4.78 is 55.7. The van der Waals surface area contributed by atoms with E-state index in [0.29, 0.717) is 30.2 Å². The number of halogens is 2. The van der Waals surface area contributed by atoms with Crippen molar-refractivity contribution in [3.05, 3.63) is 48.2 Å². The fraction of sp³-hybridized carbons (Fsp3) is 0.333. The molecule has 2 rings (SSSR count). The van der Waals surface area contributed by atoms with Gasteiger partial charge in [0.2, 0.25) is 10.0 Å². The number of hydrogen-bond donors (Lipinski definition) is 1. The van der Waals surface area contributed by atoms with Crippen LogP contribution < -0.4 is 10.2 Å². The summed E-state index contributed by atoms with van der Waals surface area (Å²) >= 11 is 0. The van der Waals surface area contributed by atoms with Crippen LogP contribution in [-0.4, -0.2) is 43.1 Å². The molecule has 0 aliphatic carbocycles. The van der Waals surface area contributed by atoms with Crippen LogP contribution in [0.5, 0.6) is 5.75 Å². The molecular formula is C18H22F2N4O3S. The third-order valence-electron chi connectivity index (χ3n) is 3.91. The first kappa shape index (κ1) is 21.7. The molecule has 0 bridgehead atoms. The summed E-state index contributed by atoms with van der Waals surface area (Å²) in [5.41, 5.74) is 3.48. The number of hydrazone groups is 1. The van der Waals surface area contributed by atoms with Crippen LogP contribution in [0, 0.1) is 0 Å². The fourth-order valence-electron chi connectivity index (χ4n) is 2.48. The standard InChI is InChI=1S/C18H22F2N4O3S/c1-4-24(5-2)28(25,26)14-10-11-17(21-12-14)23-22-13(3)15-8-6-7-9-16(15)27-18(19)20/h6-12,18H,4-5H2,1-3H3,(H,21,23)/b22-13+. The van der Waals surface area contributed by atoms with Crippen LogP contribution in [0.3, 0.4) is 0 Å². The Kier molecular flexibility index (Phi) is 7.41. The third kappa shape index (κ3) is 5.23. The predicted octanol–water partition coefficient (Wildman–Crippen LogP) is 3.55. The molecule has 28 heavy (non-hydrogen) atoms. The lowest BCUT2D eigenvalue weighted by molar-refractivity contribution is -0.0499. The van der Waals surface area contributed by atoms with Gasteiger partial charge in [-0.15, -0.1) is 0 Å². The molecule has 0 fully saturated rings. The number of alkyl halides is 2. The first-order valence-electron chi connectivity index (χ1n) is 8.60.